The Morgan fingerprint density at radius 3 is 1.25 bits per heavy atom. The molecule has 2 nitrogen and oxygen atoms in total. The minimum atomic E-state index is 0.267. The summed E-state index contributed by atoms with van der Waals surface area (Å²) in [5.41, 5.74) is 0.534. The van der Waals surface area contributed by atoms with Gasteiger partial charge in [-0.3, -0.25) is 0 Å². The van der Waals surface area contributed by atoms with Crippen LogP contribution in [0.2, 0.25) is 0 Å². The predicted octanol–water partition coefficient (Wildman–Crippen LogP) is 4.70. The second kappa shape index (κ2) is 11.2. The summed E-state index contributed by atoms with van der Waals surface area (Å²) in [6.45, 7) is 15.7. The largest absolute Gasteiger partial charge is 0.312 e. The van der Waals surface area contributed by atoms with Gasteiger partial charge < -0.3 is 10.6 Å². The Kier molecular flexibility index (Phi) is 11.6. The van der Waals surface area contributed by atoms with E-state index in [1.54, 1.807) is 0 Å². The van der Waals surface area contributed by atoms with E-state index in [-0.39, 0.29) is 11.1 Å². The fraction of sp³-hybridized carbons (Fsp3) is 1.00. The lowest BCUT2D eigenvalue weighted by molar-refractivity contribution is 0.421. The molecule has 0 radical (unpaired) electrons. The maximum atomic E-state index is 3.54. The minimum Gasteiger partial charge on any atom is -0.312 e. The Balaban J connectivity index is 3.10. The summed E-state index contributed by atoms with van der Waals surface area (Å²) in [5, 5.41) is 7.07. The molecule has 0 saturated heterocycles. The third-order valence-corrected chi connectivity index (χ3v) is 5.28. The maximum Gasteiger partial charge on any atom is 0.00965 e. The summed E-state index contributed by atoms with van der Waals surface area (Å²) in [7, 11) is 4.09. The number of unbranched alkanes of at least 4 members (excludes halogenated alkanes) is 2. The topological polar surface area (TPSA) is 24.1 Å². The van der Waals surface area contributed by atoms with Gasteiger partial charge in [0.25, 0.3) is 0 Å². The molecule has 0 aliphatic rings. The summed E-state index contributed by atoms with van der Waals surface area (Å²) in [6, 6.07) is 0. The molecule has 2 N–H and O–H groups in total. The first-order valence-corrected chi connectivity index (χ1v) is 10.4. The molecule has 0 aromatic heterocycles. The van der Waals surface area contributed by atoms with Crippen LogP contribution in [0.25, 0.3) is 0 Å². The van der Waals surface area contributed by atoms with Gasteiger partial charge in [-0.15, -0.1) is 0 Å². The normalized spacial score (nSPS) is 12.9. The fourth-order valence-corrected chi connectivity index (χ4v) is 3.91. The van der Waals surface area contributed by atoms with Crippen LogP contribution in [-0.4, -0.2) is 35.7 Å². The summed E-state index contributed by atoms with van der Waals surface area (Å²) < 4.78 is 0. The molecular formula is C16H36N2S2. The third-order valence-electron chi connectivity index (χ3n) is 2.70. The fourth-order valence-electron chi connectivity index (χ4n) is 1.62. The van der Waals surface area contributed by atoms with Crippen molar-refractivity contribution in [2.45, 2.75) is 78.3 Å². The van der Waals surface area contributed by atoms with Crippen LogP contribution < -0.4 is 10.6 Å². The molecule has 0 fully saturated rings. The molecule has 0 saturated carbocycles. The first kappa shape index (κ1) is 20.6. The lowest BCUT2D eigenvalue weighted by Crippen LogP contribution is -2.36. The number of hydrogen-bond acceptors (Lipinski definition) is 4. The lowest BCUT2D eigenvalue weighted by atomic mass is 10.1. The lowest BCUT2D eigenvalue weighted by Gasteiger charge is -2.20. The molecule has 4 heteroatoms. The van der Waals surface area contributed by atoms with Crippen molar-refractivity contribution in [2.75, 3.05) is 24.6 Å². The van der Waals surface area contributed by atoms with Gasteiger partial charge in [-0.1, -0.05) is 21.6 Å². The Hall–Kier alpha value is 0.620. The number of hydrogen-bond donors (Lipinski definition) is 2. The van der Waals surface area contributed by atoms with Crippen LogP contribution in [0.15, 0.2) is 0 Å². The molecule has 0 atom stereocenters. The molecule has 0 unspecified atom stereocenters. The van der Waals surface area contributed by atoms with Crippen LogP contribution in [0, 0.1) is 0 Å². The van der Waals surface area contributed by atoms with Crippen LogP contribution in [0.1, 0.15) is 67.2 Å². The summed E-state index contributed by atoms with van der Waals surface area (Å²) in [4.78, 5) is 0. The highest BCUT2D eigenvalue weighted by molar-refractivity contribution is 8.76. The molecule has 0 aliphatic carbocycles. The smallest absolute Gasteiger partial charge is 0.00965 e. The van der Waals surface area contributed by atoms with E-state index in [4.69, 9.17) is 0 Å². The summed E-state index contributed by atoms with van der Waals surface area (Å²) in [6.07, 6.45) is 5.24. The maximum absolute atomic E-state index is 3.54. The number of rotatable bonds is 11. The zero-order valence-electron chi connectivity index (χ0n) is 14.5. The first-order valence-electron chi connectivity index (χ1n) is 7.95. The van der Waals surface area contributed by atoms with Crippen molar-refractivity contribution in [3.8, 4) is 0 Å². The quantitative estimate of drug-likeness (QED) is 0.425. The standard InChI is InChI=1S/C16H36N2S2/c1-15(2,3)17-11-7-9-13-19-20-14-10-8-12-18-16(4,5)6/h17-18H,7-14H2,1-6H3. The van der Waals surface area contributed by atoms with Crippen LogP contribution >= 0.6 is 21.6 Å². The zero-order chi connectivity index (χ0) is 15.5. The summed E-state index contributed by atoms with van der Waals surface area (Å²) in [5.74, 6) is 2.58. The highest BCUT2D eigenvalue weighted by Gasteiger charge is 2.07. The van der Waals surface area contributed by atoms with Gasteiger partial charge >= 0.3 is 0 Å². The van der Waals surface area contributed by atoms with Gasteiger partial charge in [-0.25, -0.2) is 0 Å². The molecule has 0 aliphatic heterocycles. The zero-order valence-corrected chi connectivity index (χ0v) is 16.1. The van der Waals surface area contributed by atoms with Gasteiger partial charge in [0, 0.05) is 22.6 Å². The van der Waals surface area contributed by atoms with E-state index in [2.05, 4.69) is 52.2 Å². The average molecular weight is 321 g/mol. The molecule has 0 bridgehead atoms. The molecule has 0 heterocycles. The van der Waals surface area contributed by atoms with Crippen LogP contribution in [0.3, 0.4) is 0 Å². The van der Waals surface area contributed by atoms with Crippen molar-refractivity contribution < 1.29 is 0 Å². The van der Waals surface area contributed by atoms with Gasteiger partial charge in [0.15, 0.2) is 0 Å². The molecule has 0 aromatic carbocycles. The van der Waals surface area contributed by atoms with Crippen molar-refractivity contribution >= 4 is 21.6 Å². The highest BCUT2D eigenvalue weighted by Crippen LogP contribution is 2.23. The van der Waals surface area contributed by atoms with Crippen molar-refractivity contribution in [1.82, 2.24) is 10.6 Å². The van der Waals surface area contributed by atoms with Gasteiger partial charge in [-0.05, 0) is 80.3 Å². The molecule has 122 valence electrons. The molecule has 0 aromatic rings. The first-order chi connectivity index (χ1) is 9.21. The van der Waals surface area contributed by atoms with Crippen LogP contribution in [-0.2, 0) is 0 Å². The molecule has 20 heavy (non-hydrogen) atoms. The SMILES string of the molecule is CC(C)(C)NCCCCSSCCCCNC(C)(C)C. The second-order valence-electron chi connectivity index (χ2n) is 7.41. The number of nitrogens with one attached hydrogen (secondary N) is 2. The highest BCUT2D eigenvalue weighted by atomic mass is 33.1. The van der Waals surface area contributed by atoms with E-state index in [9.17, 15) is 0 Å². The summed E-state index contributed by atoms with van der Waals surface area (Å²) >= 11 is 0. The predicted molar refractivity (Wildman–Crippen MR) is 98.9 cm³/mol. The van der Waals surface area contributed by atoms with E-state index >= 15 is 0 Å². The van der Waals surface area contributed by atoms with E-state index in [1.807, 2.05) is 21.6 Å². The molecule has 0 rings (SSSR count). The van der Waals surface area contributed by atoms with Gasteiger partial charge in [0.2, 0.25) is 0 Å². The molecular weight excluding hydrogens is 284 g/mol. The van der Waals surface area contributed by atoms with E-state index in [0.717, 1.165) is 13.1 Å². The Morgan fingerprint density at radius 1 is 0.600 bits per heavy atom. The van der Waals surface area contributed by atoms with E-state index in [0.29, 0.717) is 0 Å². The Bertz CT molecular complexity index is 195. The monoisotopic (exact) mass is 320 g/mol. The Labute approximate surface area is 135 Å². The van der Waals surface area contributed by atoms with Crippen molar-refractivity contribution in [3.05, 3.63) is 0 Å². The van der Waals surface area contributed by atoms with Crippen molar-refractivity contribution in [1.29, 1.82) is 0 Å². The van der Waals surface area contributed by atoms with Crippen LogP contribution in [0.5, 0.6) is 0 Å². The molecule has 0 amide bonds. The average Bonchev–Trinajstić information content (AvgIpc) is 2.27. The van der Waals surface area contributed by atoms with E-state index < -0.39 is 0 Å². The van der Waals surface area contributed by atoms with Crippen molar-refractivity contribution in [3.63, 3.8) is 0 Å². The van der Waals surface area contributed by atoms with Gasteiger partial charge in [-0.2, -0.15) is 0 Å². The molecule has 0 spiro atoms. The third kappa shape index (κ3) is 18.6. The van der Waals surface area contributed by atoms with Gasteiger partial charge in [0.1, 0.15) is 0 Å². The minimum absolute atomic E-state index is 0.267. The second-order valence-corrected chi connectivity index (χ2v) is 10.1. The Morgan fingerprint density at radius 2 is 0.950 bits per heavy atom. The van der Waals surface area contributed by atoms with Crippen molar-refractivity contribution in [2.24, 2.45) is 0 Å². The van der Waals surface area contributed by atoms with Gasteiger partial charge in [0.05, 0.1) is 0 Å². The van der Waals surface area contributed by atoms with Crippen LogP contribution in [0.4, 0.5) is 0 Å². The van der Waals surface area contributed by atoms with E-state index in [1.165, 1.54) is 37.2 Å².